The highest BCUT2D eigenvalue weighted by Crippen LogP contribution is 1.75. The van der Waals surface area contributed by atoms with Gasteiger partial charge in [-0.25, -0.2) is 4.57 Å². The molecule has 1 aromatic heterocycles. The lowest BCUT2D eigenvalue weighted by Gasteiger charge is -1.93. The molecule has 0 N–H and O–H groups in total. The normalized spacial score (nSPS) is 9.80. The predicted molar refractivity (Wildman–Crippen MR) is 37.3 cm³/mol. The fourth-order valence-corrected chi connectivity index (χ4v) is 0.700. The van der Waals surface area contributed by atoms with E-state index in [1.807, 2.05) is 30.3 Å². The number of imidazole rings is 1. The fourth-order valence-electron chi connectivity index (χ4n) is 0.700. The van der Waals surface area contributed by atoms with Crippen molar-refractivity contribution in [2.75, 3.05) is 6.61 Å². The second kappa shape index (κ2) is 3.25. The minimum atomic E-state index is 0.772. The summed E-state index contributed by atoms with van der Waals surface area (Å²) in [7, 11) is 1.96. The molecule has 1 aromatic rings. The third kappa shape index (κ3) is 1.76. The molecule has 0 aliphatic rings. The van der Waals surface area contributed by atoms with E-state index in [0.29, 0.717) is 0 Å². The first-order valence-electron chi connectivity index (χ1n) is 3.49. The van der Waals surface area contributed by atoms with Gasteiger partial charge in [0.15, 0.2) is 6.20 Å². The van der Waals surface area contributed by atoms with Gasteiger partial charge in [0.05, 0.1) is 7.05 Å². The van der Waals surface area contributed by atoms with Gasteiger partial charge < -0.3 is 4.84 Å². The van der Waals surface area contributed by atoms with Crippen LogP contribution in [0.25, 0.3) is 0 Å². The molecule has 0 aliphatic carbocycles. The topological polar surface area (TPSA) is 18.0 Å². The summed E-state index contributed by atoms with van der Waals surface area (Å²) in [5, 5.41) is 0. The van der Waals surface area contributed by atoms with Crippen molar-refractivity contribution in [1.29, 1.82) is 0 Å². The third-order valence-electron chi connectivity index (χ3n) is 1.19. The van der Waals surface area contributed by atoms with Crippen LogP contribution in [-0.2, 0) is 7.05 Å². The maximum Gasteiger partial charge on any atom is 0.284 e. The summed E-state index contributed by atoms with van der Waals surface area (Å²) in [5.74, 6) is 0. The zero-order valence-electron chi connectivity index (χ0n) is 6.45. The van der Waals surface area contributed by atoms with E-state index in [2.05, 4.69) is 6.92 Å². The molecule has 3 nitrogen and oxygen atoms in total. The van der Waals surface area contributed by atoms with Crippen molar-refractivity contribution in [3.63, 3.8) is 0 Å². The van der Waals surface area contributed by atoms with E-state index < -0.39 is 0 Å². The van der Waals surface area contributed by atoms with Crippen LogP contribution >= 0.6 is 0 Å². The van der Waals surface area contributed by atoms with Gasteiger partial charge in [0.1, 0.15) is 12.8 Å². The molecule has 0 unspecified atom stereocenters. The summed E-state index contributed by atoms with van der Waals surface area (Å²) in [6.45, 7) is 2.86. The van der Waals surface area contributed by atoms with Crippen LogP contribution in [0.1, 0.15) is 13.3 Å². The van der Waals surface area contributed by atoms with Gasteiger partial charge in [0, 0.05) is 0 Å². The Hall–Kier alpha value is -0.990. The summed E-state index contributed by atoms with van der Waals surface area (Å²) < 4.78 is 3.65. The van der Waals surface area contributed by atoms with Crippen molar-refractivity contribution in [1.82, 2.24) is 4.57 Å². The second-order valence-corrected chi connectivity index (χ2v) is 2.27. The summed E-state index contributed by atoms with van der Waals surface area (Å²) in [4.78, 5) is 5.27. The largest absolute Gasteiger partial charge is 0.336 e. The molecule has 0 amide bonds. The first-order chi connectivity index (χ1) is 4.83. The van der Waals surface area contributed by atoms with E-state index in [1.165, 1.54) is 0 Å². The maximum absolute atomic E-state index is 5.27. The number of aromatic nitrogens is 2. The first-order valence-corrected chi connectivity index (χ1v) is 3.49. The van der Waals surface area contributed by atoms with Crippen molar-refractivity contribution in [3.8, 4) is 0 Å². The monoisotopic (exact) mass is 141 g/mol. The van der Waals surface area contributed by atoms with Gasteiger partial charge in [-0.15, -0.1) is 0 Å². The van der Waals surface area contributed by atoms with E-state index >= 15 is 0 Å². The zero-order chi connectivity index (χ0) is 7.40. The average Bonchev–Trinajstić information content (AvgIpc) is 2.31. The molecule has 0 saturated heterocycles. The lowest BCUT2D eigenvalue weighted by Crippen LogP contribution is -2.40. The minimum absolute atomic E-state index is 0.772. The lowest BCUT2D eigenvalue weighted by molar-refractivity contribution is -0.891. The lowest BCUT2D eigenvalue weighted by atomic mass is 10.5. The molecule has 3 heteroatoms. The highest BCUT2D eigenvalue weighted by Gasteiger charge is 1.97. The van der Waals surface area contributed by atoms with Gasteiger partial charge in [-0.1, -0.05) is 11.7 Å². The van der Waals surface area contributed by atoms with E-state index in [0.717, 1.165) is 13.0 Å². The summed E-state index contributed by atoms with van der Waals surface area (Å²) in [6.07, 6.45) is 6.75. The molecular formula is C7H13N2O+. The highest BCUT2D eigenvalue weighted by molar-refractivity contribution is 4.60. The van der Waals surface area contributed by atoms with Gasteiger partial charge in [-0.05, 0) is 6.42 Å². The zero-order valence-corrected chi connectivity index (χ0v) is 6.45. The number of nitrogens with zero attached hydrogens (tertiary/aromatic N) is 2. The van der Waals surface area contributed by atoms with Crippen LogP contribution in [0, 0.1) is 0 Å². The van der Waals surface area contributed by atoms with Crippen molar-refractivity contribution in [3.05, 3.63) is 18.7 Å². The van der Waals surface area contributed by atoms with Gasteiger partial charge >= 0.3 is 0 Å². The Bertz CT molecular complexity index is 195. The van der Waals surface area contributed by atoms with Gasteiger partial charge in [0.25, 0.3) is 6.33 Å². The molecule has 0 atom stereocenters. The van der Waals surface area contributed by atoms with Gasteiger partial charge in [-0.2, -0.15) is 0 Å². The molecular weight excluding hydrogens is 128 g/mol. The van der Waals surface area contributed by atoms with Crippen LogP contribution in [-0.4, -0.2) is 11.2 Å². The Kier molecular flexibility index (Phi) is 2.31. The Morgan fingerprint density at radius 1 is 1.60 bits per heavy atom. The third-order valence-corrected chi connectivity index (χ3v) is 1.19. The van der Waals surface area contributed by atoms with Crippen LogP contribution in [0.4, 0.5) is 0 Å². The smallest absolute Gasteiger partial charge is 0.284 e. The molecule has 1 heterocycles. The number of aryl methyl sites for hydroxylation is 1. The average molecular weight is 141 g/mol. The minimum Gasteiger partial charge on any atom is -0.336 e. The SMILES string of the molecule is CCCO[n+]1ccn(C)c1. The Labute approximate surface area is 60.8 Å². The molecule has 1 rings (SSSR count). The molecule has 0 aliphatic heterocycles. The number of hydrogen-bond donors (Lipinski definition) is 0. The molecule has 0 spiro atoms. The molecule has 0 bridgehead atoms. The van der Waals surface area contributed by atoms with Crippen molar-refractivity contribution < 1.29 is 9.57 Å². The summed E-state index contributed by atoms with van der Waals surface area (Å²) in [6, 6.07) is 0. The predicted octanol–water partition coefficient (Wildman–Crippen LogP) is 0.151. The summed E-state index contributed by atoms with van der Waals surface area (Å²) in [5.41, 5.74) is 0. The van der Waals surface area contributed by atoms with E-state index in [4.69, 9.17) is 4.84 Å². The van der Waals surface area contributed by atoms with Crippen molar-refractivity contribution >= 4 is 0 Å². The van der Waals surface area contributed by atoms with Crippen LogP contribution < -0.4 is 9.57 Å². The second-order valence-electron chi connectivity index (χ2n) is 2.27. The van der Waals surface area contributed by atoms with Crippen LogP contribution in [0.3, 0.4) is 0 Å². The molecule has 0 saturated carbocycles. The van der Waals surface area contributed by atoms with Crippen molar-refractivity contribution in [2.24, 2.45) is 7.05 Å². The Morgan fingerprint density at radius 2 is 2.40 bits per heavy atom. The van der Waals surface area contributed by atoms with E-state index in [-0.39, 0.29) is 0 Å². The van der Waals surface area contributed by atoms with Crippen LogP contribution in [0.2, 0.25) is 0 Å². The molecule has 0 radical (unpaired) electrons. The molecule has 0 fully saturated rings. The number of rotatable bonds is 3. The van der Waals surface area contributed by atoms with E-state index in [1.54, 1.807) is 4.73 Å². The van der Waals surface area contributed by atoms with Crippen LogP contribution in [0.15, 0.2) is 18.7 Å². The molecule has 0 aromatic carbocycles. The maximum atomic E-state index is 5.27. The highest BCUT2D eigenvalue weighted by atomic mass is 16.7. The van der Waals surface area contributed by atoms with Crippen molar-refractivity contribution in [2.45, 2.75) is 13.3 Å². The quantitative estimate of drug-likeness (QED) is 0.548. The molecule has 10 heavy (non-hydrogen) atoms. The Balaban J connectivity index is 2.42. The first kappa shape index (κ1) is 7.12. The van der Waals surface area contributed by atoms with Gasteiger partial charge in [0.2, 0.25) is 0 Å². The van der Waals surface area contributed by atoms with Gasteiger partial charge in [-0.3, -0.25) is 0 Å². The fraction of sp³-hybridized carbons (Fsp3) is 0.571. The number of hydrogen-bond acceptors (Lipinski definition) is 1. The summed E-state index contributed by atoms with van der Waals surface area (Å²) >= 11 is 0. The Morgan fingerprint density at radius 3 is 2.90 bits per heavy atom. The standard InChI is InChI=1S/C7H13N2O/c1-3-6-10-9-5-4-8(2)7-9/h4-5,7H,3,6H2,1-2H3/q+1. The van der Waals surface area contributed by atoms with Crippen LogP contribution in [0.5, 0.6) is 0 Å². The molecule has 56 valence electrons. The van der Waals surface area contributed by atoms with E-state index in [9.17, 15) is 0 Å².